The van der Waals surface area contributed by atoms with E-state index in [0.717, 1.165) is 38.9 Å². The van der Waals surface area contributed by atoms with Crippen LogP contribution in [0, 0.1) is 5.21 Å². The fraction of sp³-hybridized carbons (Fsp3) is 1.00. The van der Waals surface area contributed by atoms with E-state index in [1.165, 1.54) is 77.0 Å². The van der Waals surface area contributed by atoms with Gasteiger partial charge in [0.25, 0.3) is 0 Å². The van der Waals surface area contributed by atoms with Crippen LogP contribution in [-0.4, -0.2) is 24.3 Å². The summed E-state index contributed by atoms with van der Waals surface area (Å²) in [6.45, 7) is 4.94. The normalized spacial score (nSPS) is 18.0. The molecule has 2 heteroatoms. The van der Waals surface area contributed by atoms with E-state index in [2.05, 4.69) is 6.92 Å². The summed E-state index contributed by atoms with van der Waals surface area (Å²) in [5, 5.41) is 12.3. The molecule has 0 radical (unpaired) electrons. The summed E-state index contributed by atoms with van der Waals surface area (Å²) in [5.41, 5.74) is 0. The molecule has 0 bridgehead atoms. The van der Waals surface area contributed by atoms with Crippen molar-refractivity contribution in [3.05, 3.63) is 5.21 Å². The van der Waals surface area contributed by atoms with E-state index in [-0.39, 0.29) is 4.65 Å². The number of nitrogens with zero attached hydrogens (tertiary/aromatic N) is 1. The highest BCUT2D eigenvalue weighted by Gasteiger charge is 2.19. The van der Waals surface area contributed by atoms with E-state index < -0.39 is 0 Å². The third kappa shape index (κ3) is 10.3. The summed E-state index contributed by atoms with van der Waals surface area (Å²) in [5.74, 6) is 0. The summed E-state index contributed by atoms with van der Waals surface area (Å²) in [6.07, 6.45) is 20.1. The molecule has 2 nitrogen and oxygen atoms in total. The molecule has 0 aromatic heterocycles. The Kier molecular flexibility index (Phi) is 11.3. The Morgan fingerprint density at radius 3 is 1.52 bits per heavy atom. The van der Waals surface area contributed by atoms with Crippen molar-refractivity contribution in [1.82, 2.24) is 0 Å². The molecule has 0 aromatic rings. The first kappa shape index (κ1) is 19.0. The molecule has 0 unspecified atom stereocenters. The largest absolute Gasteiger partial charge is 0.633 e. The third-order valence-corrected chi connectivity index (χ3v) is 5.05. The van der Waals surface area contributed by atoms with Gasteiger partial charge in [-0.3, -0.25) is 0 Å². The minimum Gasteiger partial charge on any atom is -0.633 e. The smallest absolute Gasteiger partial charge is 0.0783 e. The average molecular weight is 298 g/mol. The fourth-order valence-electron chi connectivity index (χ4n) is 3.55. The van der Waals surface area contributed by atoms with Crippen LogP contribution in [0.5, 0.6) is 0 Å². The first-order chi connectivity index (χ1) is 10.3. The Morgan fingerprint density at radius 2 is 1.05 bits per heavy atom. The van der Waals surface area contributed by atoms with Crippen LogP contribution in [0.15, 0.2) is 0 Å². The van der Waals surface area contributed by atoms with E-state index in [1.807, 2.05) is 0 Å². The van der Waals surface area contributed by atoms with Gasteiger partial charge in [0.15, 0.2) is 0 Å². The van der Waals surface area contributed by atoms with Crippen molar-refractivity contribution in [3.8, 4) is 0 Å². The Hall–Kier alpha value is -0.0800. The van der Waals surface area contributed by atoms with Crippen molar-refractivity contribution >= 4 is 0 Å². The van der Waals surface area contributed by atoms with Gasteiger partial charge in [-0.25, -0.2) is 0 Å². The minimum atomic E-state index is 0.123. The maximum atomic E-state index is 12.3. The molecule has 1 aliphatic rings. The van der Waals surface area contributed by atoms with Crippen molar-refractivity contribution < 1.29 is 4.65 Å². The van der Waals surface area contributed by atoms with Crippen LogP contribution in [0.1, 0.15) is 103 Å². The maximum Gasteiger partial charge on any atom is 0.0783 e. The van der Waals surface area contributed by atoms with Gasteiger partial charge in [-0.2, -0.15) is 0 Å². The number of rotatable bonds is 13. The van der Waals surface area contributed by atoms with Gasteiger partial charge in [0, 0.05) is 0 Å². The molecular weight excluding hydrogens is 258 g/mol. The number of piperidine rings is 1. The Balaban J connectivity index is 1.78. The zero-order valence-corrected chi connectivity index (χ0v) is 14.6. The highest BCUT2D eigenvalue weighted by atomic mass is 16.5. The van der Waals surface area contributed by atoms with Crippen LogP contribution in [0.25, 0.3) is 0 Å². The van der Waals surface area contributed by atoms with Gasteiger partial charge >= 0.3 is 0 Å². The Bertz CT molecular complexity index is 224. The number of hydroxylamine groups is 3. The second-order valence-electron chi connectivity index (χ2n) is 7.18. The first-order valence-electron chi connectivity index (χ1n) is 9.84. The third-order valence-electron chi connectivity index (χ3n) is 5.05. The van der Waals surface area contributed by atoms with Gasteiger partial charge in [-0.05, 0) is 32.1 Å². The predicted octanol–water partition coefficient (Wildman–Crippen LogP) is 6.19. The average Bonchev–Trinajstić information content (AvgIpc) is 2.49. The van der Waals surface area contributed by atoms with Crippen molar-refractivity contribution in [2.45, 2.75) is 103 Å². The van der Waals surface area contributed by atoms with Crippen LogP contribution >= 0.6 is 0 Å². The maximum absolute atomic E-state index is 12.3. The second-order valence-corrected chi connectivity index (χ2v) is 7.18. The second kappa shape index (κ2) is 12.5. The summed E-state index contributed by atoms with van der Waals surface area (Å²) in [4.78, 5) is 0. The first-order valence-corrected chi connectivity index (χ1v) is 9.84. The van der Waals surface area contributed by atoms with Crippen molar-refractivity contribution in [2.75, 3.05) is 19.6 Å². The van der Waals surface area contributed by atoms with Crippen LogP contribution in [0.4, 0.5) is 0 Å². The summed E-state index contributed by atoms with van der Waals surface area (Å²) < 4.78 is 0.123. The van der Waals surface area contributed by atoms with Gasteiger partial charge < -0.3 is 9.85 Å². The molecule has 0 amide bonds. The lowest BCUT2D eigenvalue weighted by Gasteiger charge is -2.45. The van der Waals surface area contributed by atoms with Gasteiger partial charge in [0.1, 0.15) is 0 Å². The van der Waals surface area contributed by atoms with Gasteiger partial charge in [-0.1, -0.05) is 71.1 Å². The van der Waals surface area contributed by atoms with Crippen molar-refractivity contribution in [3.63, 3.8) is 0 Å². The van der Waals surface area contributed by atoms with Crippen LogP contribution in [0.3, 0.4) is 0 Å². The molecule has 0 N–H and O–H groups in total. The van der Waals surface area contributed by atoms with Crippen LogP contribution in [-0.2, 0) is 0 Å². The van der Waals surface area contributed by atoms with Gasteiger partial charge in [0.2, 0.25) is 0 Å². The van der Waals surface area contributed by atoms with Crippen molar-refractivity contribution in [1.29, 1.82) is 0 Å². The Labute approximate surface area is 133 Å². The number of likely N-dealkylation sites (tertiary alicyclic amines) is 1. The molecule has 21 heavy (non-hydrogen) atoms. The lowest BCUT2D eigenvalue weighted by Crippen LogP contribution is -2.46. The lowest BCUT2D eigenvalue weighted by molar-refractivity contribution is -0.885. The highest BCUT2D eigenvalue weighted by molar-refractivity contribution is 4.55. The molecule has 1 heterocycles. The molecule has 0 saturated carbocycles. The SMILES string of the molecule is CCCCCCCCCCCCCC[N+]1([O-])CCCCC1. The van der Waals surface area contributed by atoms with Gasteiger partial charge in [0.05, 0.1) is 19.6 Å². The minimum absolute atomic E-state index is 0.123. The number of unbranched alkanes of at least 4 members (excludes halogenated alkanes) is 11. The molecule has 1 rings (SSSR count). The zero-order chi connectivity index (χ0) is 15.2. The predicted molar refractivity (Wildman–Crippen MR) is 93.2 cm³/mol. The molecule has 126 valence electrons. The molecule has 0 spiro atoms. The molecule has 1 aliphatic heterocycles. The Morgan fingerprint density at radius 1 is 0.619 bits per heavy atom. The fourth-order valence-corrected chi connectivity index (χ4v) is 3.55. The lowest BCUT2D eigenvalue weighted by atomic mass is 10.0. The number of quaternary nitrogens is 1. The quantitative estimate of drug-likeness (QED) is 0.226. The zero-order valence-electron chi connectivity index (χ0n) is 14.6. The van der Waals surface area contributed by atoms with Crippen LogP contribution < -0.4 is 0 Å². The number of hydrogen-bond acceptors (Lipinski definition) is 1. The molecule has 1 saturated heterocycles. The molecule has 0 aliphatic carbocycles. The van der Waals surface area contributed by atoms with Crippen molar-refractivity contribution in [2.24, 2.45) is 0 Å². The summed E-state index contributed by atoms with van der Waals surface area (Å²) >= 11 is 0. The topological polar surface area (TPSA) is 23.1 Å². The molecular formula is C19H39NO. The molecule has 1 fully saturated rings. The number of hydrogen-bond donors (Lipinski definition) is 0. The molecule has 0 aromatic carbocycles. The summed E-state index contributed by atoms with van der Waals surface area (Å²) in [6, 6.07) is 0. The standard InChI is InChI=1S/C19H39NO/c1-2-3-4-5-6-7-8-9-10-11-12-14-17-20(21)18-15-13-16-19-20/h2-19H2,1H3. The highest BCUT2D eigenvalue weighted by Crippen LogP contribution is 2.19. The molecule has 0 atom stereocenters. The van der Waals surface area contributed by atoms with Gasteiger partial charge in [-0.15, -0.1) is 0 Å². The van der Waals surface area contributed by atoms with E-state index in [4.69, 9.17) is 0 Å². The summed E-state index contributed by atoms with van der Waals surface area (Å²) in [7, 11) is 0. The van der Waals surface area contributed by atoms with E-state index >= 15 is 0 Å². The van der Waals surface area contributed by atoms with E-state index in [0.29, 0.717) is 0 Å². The van der Waals surface area contributed by atoms with Crippen LogP contribution in [0.2, 0.25) is 0 Å². The van der Waals surface area contributed by atoms with E-state index in [9.17, 15) is 5.21 Å². The van der Waals surface area contributed by atoms with E-state index in [1.54, 1.807) is 0 Å². The monoisotopic (exact) mass is 297 g/mol.